The number of benzene rings is 1. The Balaban J connectivity index is 2.46. The van der Waals surface area contributed by atoms with Gasteiger partial charge in [-0.2, -0.15) is 0 Å². The molecule has 0 aromatic heterocycles. The van der Waals surface area contributed by atoms with E-state index in [1.807, 2.05) is 25.1 Å². The lowest BCUT2D eigenvalue weighted by Crippen LogP contribution is -2.28. The summed E-state index contributed by atoms with van der Waals surface area (Å²) in [6.45, 7) is 10.1. The average molecular weight is 222 g/mol. The monoisotopic (exact) mass is 222 g/mol. The molecule has 1 rings (SSSR count). The van der Waals surface area contributed by atoms with Gasteiger partial charge in [0.1, 0.15) is 12.4 Å². The Kier molecular flexibility index (Phi) is 5.12. The van der Waals surface area contributed by atoms with Crippen LogP contribution in [0.3, 0.4) is 0 Å². The maximum atomic E-state index is 5.81. The molecule has 0 fully saturated rings. The van der Waals surface area contributed by atoms with Crippen molar-refractivity contribution in [3.8, 4) is 5.75 Å². The number of likely N-dealkylation sites (N-methyl/N-ethyl adjacent to an activating group) is 1. The van der Waals surface area contributed by atoms with Gasteiger partial charge in [-0.3, -0.25) is 0 Å². The molecule has 0 spiro atoms. The van der Waals surface area contributed by atoms with E-state index >= 15 is 0 Å². The summed E-state index contributed by atoms with van der Waals surface area (Å²) in [6, 6.07) is 5.79. The standard InChI is InChI=1S/C13H22N2O/c1-4-15(5-2)9-10-16-13-8-6-7-12(14)11(13)3/h6-8H,4-5,9-10,14H2,1-3H3. The van der Waals surface area contributed by atoms with E-state index in [9.17, 15) is 0 Å². The van der Waals surface area contributed by atoms with Gasteiger partial charge in [0.15, 0.2) is 0 Å². The van der Waals surface area contributed by atoms with Gasteiger partial charge in [-0.05, 0) is 32.1 Å². The van der Waals surface area contributed by atoms with Crippen LogP contribution in [0.4, 0.5) is 5.69 Å². The first-order valence-corrected chi connectivity index (χ1v) is 5.89. The molecule has 0 amide bonds. The predicted molar refractivity (Wildman–Crippen MR) is 68.9 cm³/mol. The Hall–Kier alpha value is -1.22. The Morgan fingerprint density at radius 2 is 1.94 bits per heavy atom. The van der Waals surface area contributed by atoms with E-state index in [-0.39, 0.29) is 0 Å². The number of hydrogen-bond donors (Lipinski definition) is 1. The van der Waals surface area contributed by atoms with Crippen LogP contribution >= 0.6 is 0 Å². The van der Waals surface area contributed by atoms with Crippen LogP contribution in [0.5, 0.6) is 5.75 Å². The lowest BCUT2D eigenvalue weighted by Gasteiger charge is -2.18. The van der Waals surface area contributed by atoms with E-state index in [0.717, 1.165) is 36.6 Å². The second-order valence-electron chi connectivity index (χ2n) is 3.85. The second-order valence-corrected chi connectivity index (χ2v) is 3.85. The maximum absolute atomic E-state index is 5.81. The van der Waals surface area contributed by atoms with E-state index in [0.29, 0.717) is 6.61 Å². The summed E-state index contributed by atoms with van der Waals surface area (Å²) in [7, 11) is 0. The molecule has 0 bridgehead atoms. The first kappa shape index (κ1) is 12.8. The smallest absolute Gasteiger partial charge is 0.124 e. The van der Waals surface area contributed by atoms with Crippen LogP contribution in [0.1, 0.15) is 19.4 Å². The minimum absolute atomic E-state index is 0.714. The first-order chi connectivity index (χ1) is 7.69. The molecule has 90 valence electrons. The van der Waals surface area contributed by atoms with Crippen molar-refractivity contribution in [3.05, 3.63) is 23.8 Å². The van der Waals surface area contributed by atoms with E-state index in [1.54, 1.807) is 0 Å². The molecule has 0 aliphatic carbocycles. The zero-order valence-corrected chi connectivity index (χ0v) is 10.5. The highest BCUT2D eigenvalue weighted by Gasteiger charge is 2.03. The Morgan fingerprint density at radius 3 is 2.56 bits per heavy atom. The van der Waals surface area contributed by atoms with Crippen molar-refractivity contribution in [2.45, 2.75) is 20.8 Å². The topological polar surface area (TPSA) is 38.5 Å². The first-order valence-electron chi connectivity index (χ1n) is 5.89. The molecule has 0 unspecified atom stereocenters. The molecule has 0 heterocycles. The van der Waals surface area contributed by atoms with E-state index in [4.69, 9.17) is 10.5 Å². The molecular weight excluding hydrogens is 200 g/mol. The fourth-order valence-electron chi connectivity index (χ4n) is 1.61. The Labute approximate surface area is 98.2 Å². The summed E-state index contributed by atoms with van der Waals surface area (Å²) in [5.41, 5.74) is 7.64. The van der Waals surface area contributed by atoms with Gasteiger partial charge >= 0.3 is 0 Å². The number of nitrogens with two attached hydrogens (primary N) is 1. The van der Waals surface area contributed by atoms with Crippen LogP contribution in [-0.4, -0.2) is 31.1 Å². The largest absolute Gasteiger partial charge is 0.492 e. The van der Waals surface area contributed by atoms with Gasteiger partial charge < -0.3 is 15.4 Å². The average Bonchev–Trinajstić information content (AvgIpc) is 2.30. The van der Waals surface area contributed by atoms with Crippen molar-refractivity contribution in [1.82, 2.24) is 4.90 Å². The van der Waals surface area contributed by atoms with Gasteiger partial charge in [0.25, 0.3) is 0 Å². The van der Waals surface area contributed by atoms with Crippen molar-refractivity contribution < 1.29 is 4.74 Å². The van der Waals surface area contributed by atoms with Gasteiger partial charge in [-0.25, -0.2) is 0 Å². The Morgan fingerprint density at radius 1 is 1.25 bits per heavy atom. The van der Waals surface area contributed by atoms with Crippen LogP contribution in [-0.2, 0) is 0 Å². The van der Waals surface area contributed by atoms with Crippen molar-refractivity contribution in [2.24, 2.45) is 0 Å². The molecule has 1 aromatic rings. The second kappa shape index (κ2) is 6.38. The fraction of sp³-hybridized carbons (Fsp3) is 0.538. The van der Waals surface area contributed by atoms with Gasteiger partial charge in [0.05, 0.1) is 0 Å². The summed E-state index contributed by atoms with van der Waals surface area (Å²) in [5.74, 6) is 0.896. The third-order valence-electron chi connectivity index (χ3n) is 2.89. The van der Waals surface area contributed by atoms with Crippen LogP contribution in [0.2, 0.25) is 0 Å². The van der Waals surface area contributed by atoms with Crippen LogP contribution in [0.15, 0.2) is 18.2 Å². The summed E-state index contributed by atoms with van der Waals surface area (Å²) in [5, 5.41) is 0. The van der Waals surface area contributed by atoms with Crippen LogP contribution in [0.25, 0.3) is 0 Å². The fourth-order valence-corrected chi connectivity index (χ4v) is 1.61. The minimum atomic E-state index is 0.714. The predicted octanol–water partition coefficient (Wildman–Crippen LogP) is 2.30. The van der Waals surface area contributed by atoms with E-state index < -0.39 is 0 Å². The van der Waals surface area contributed by atoms with Crippen LogP contribution < -0.4 is 10.5 Å². The SMILES string of the molecule is CCN(CC)CCOc1cccc(N)c1C. The summed E-state index contributed by atoms with van der Waals surface area (Å²) in [6.07, 6.45) is 0. The maximum Gasteiger partial charge on any atom is 0.124 e. The number of nitrogen functional groups attached to an aromatic ring is 1. The molecule has 3 nitrogen and oxygen atoms in total. The Bertz CT molecular complexity index is 322. The summed E-state index contributed by atoms with van der Waals surface area (Å²) >= 11 is 0. The number of rotatable bonds is 6. The third kappa shape index (κ3) is 3.42. The number of ether oxygens (including phenoxy) is 1. The molecule has 16 heavy (non-hydrogen) atoms. The van der Waals surface area contributed by atoms with Crippen LogP contribution in [0, 0.1) is 6.92 Å². The summed E-state index contributed by atoms with van der Waals surface area (Å²) in [4.78, 5) is 2.33. The zero-order valence-electron chi connectivity index (χ0n) is 10.5. The van der Waals surface area contributed by atoms with Crippen molar-refractivity contribution in [3.63, 3.8) is 0 Å². The molecular formula is C13H22N2O. The molecule has 0 saturated heterocycles. The molecule has 0 aliphatic rings. The highest BCUT2D eigenvalue weighted by Crippen LogP contribution is 2.22. The number of hydrogen-bond acceptors (Lipinski definition) is 3. The van der Waals surface area contributed by atoms with Crippen molar-refractivity contribution >= 4 is 5.69 Å². The van der Waals surface area contributed by atoms with Gasteiger partial charge in [-0.15, -0.1) is 0 Å². The lowest BCUT2D eigenvalue weighted by atomic mass is 10.2. The molecule has 3 heteroatoms. The summed E-state index contributed by atoms with van der Waals surface area (Å²) < 4.78 is 5.73. The third-order valence-corrected chi connectivity index (χ3v) is 2.89. The zero-order chi connectivity index (χ0) is 12.0. The highest BCUT2D eigenvalue weighted by atomic mass is 16.5. The van der Waals surface area contributed by atoms with Crippen molar-refractivity contribution in [1.29, 1.82) is 0 Å². The minimum Gasteiger partial charge on any atom is -0.492 e. The normalized spacial score (nSPS) is 10.8. The lowest BCUT2D eigenvalue weighted by molar-refractivity contribution is 0.222. The highest BCUT2D eigenvalue weighted by molar-refractivity contribution is 5.53. The van der Waals surface area contributed by atoms with Gasteiger partial charge in [0, 0.05) is 17.8 Å². The number of nitrogens with zero attached hydrogens (tertiary/aromatic N) is 1. The van der Waals surface area contributed by atoms with E-state index in [2.05, 4.69) is 18.7 Å². The molecule has 0 atom stereocenters. The molecule has 0 saturated carbocycles. The van der Waals surface area contributed by atoms with Gasteiger partial charge in [-0.1, -0.05) is 19.9 Å². The molecule has 1 aromatic carbocycles. The van der Waals surface area contributed by atoms with Crippen molar-refractivity contribution in [2.75, 3.05) is 32.0 Å². The number of anilines is 1. The molecule has 0 radical (unpaired) electrons. The molecule has 2 N–H and O–H groups in total. The van der Waals surface area contributed by atoms with E-state index in [1.165, 1.54) is 0 Å². The molecule has 0 aliphatic heterocycles. The quantitative estimate of drug-likeness (QED) is 0.751. The van der Waals surface area contributed by atoms with Gasteiger partial charge in [0.2, 0.25) is 0 Å².